The number of carbonyl (C=O) groups is 3. The highest BCUT2D eigenvalue weighted by Gasteiger charge is 2.52. The molecule has 1 heterocycles. The minimum atomic E-state index is -0.736. The first-order chi connectivity index (χ1) is 13.4. The molecule has 1 atom stereocenters. The zero-order chi connectivity index (χ0) is 20.3. The van der Waals surface area contributed by atoms with Crippen LogP contribution >= 0.6 is 0 Å². The third-order valence-electron chi connectivity index (χ3n) is 5.55. The molecule has 1 aliphatic heterocycles. The molecule has 3 rings (SSSR count). The smallest absolute Gasteiger partial charge is 0.325 e. The summed E-state index contributed by atoms with van der Waals surface area (Å²) in [5.41, 5.74) is 0.131. The first-order valence-corrected chi connectivity index (χ1v) is 9.55. The van der Waals surface area contributed by atoms with Crippen molar-refractivity contribution >= 4 is 17.8 Å². The lowest BCUT2D eigenvalue weighted by molar-refractivity contribution is -0.131. The van der Waals surface area contributed by atoms with Gasteiger partial charge < -0.3 is 20.1 Å². The zero-order valence-electron chi connectivity index (χ0n) is 16.5. The fourth-order valence-corrected chi connectivity index (χ4v) is 3.93. The van der Waals surface area contributed by atoms with Gasteiger partial charge in [-0.05, 0) is 37.5 Å². The normalized spacial score (nSPS) is 18.9. The second kappa shape index (κ2) is 8.08. The number of imide groups is 1. The summed E-state index contributed by atoms with van der Waals surface area (Å²) in [6.45, 7) is 1.94. The third-order valence-corrected chi connectivity index (χ3v) is 5.55. The van der Waals surface area contributed by atoms with Gasteiger partial charge in [0.15, 0.2) is 11.5 Å². The van der Waals surface area contributed by atoms with Gasteiger partial charge in [0.25, 0.3) is 5.91 Å². The lowest BCUT2D eigenvalue weighted by Gasteiger charge is -2.20. The minimum absolute atomic E-state index is 0.0624. The first kappa shape index (κ1) is 20.0. The van der Waals surface area contributed by atoms with Gasteiger partial charge in [0.05, 0.1) is 20.3 Å². The monoisotopic (exact) mass is 389 g/mol. The number of hydrogen-bond donors (Lipinski definition) is 2. The number of carbonyl (C=O) groups excluding carboxylic acids is 3. The van der Waals surface area contributed by atoms with Gasteiger partial charge in [0.1, 0.15) is 5.54 Å². The highest BCUT2D eigenvalue weighted by molar-refractivity contribution is 6.07. The second-order valence-electron chi connectivity index (χ2n) is 7.33. The van der Waals surface area contributed by atoms with Crippen molar-refractivity contribution in [3.63, 3.8) is 0 Å². The maximum atomic E-state index is 12.6. The van der Waals surface area contributed by atoms with Crippen molar-refractivity contribution in [2.75, 3.05) is 20.8 Å². The Labute approximate surface area is 164 Å². The summed E-state index contributed by atoms with van der Waals surface area (Å²) in [6.07, 6.45) is 3.28. The van der Waals surface area contributed by atoms with E-state index in [2.05, 4.69) is 10.6 Å². The molecule has 8 heteroatoms. The molecule has 4 amide bonds. The van der Waals surface area contributed by atoms with Crippen molar-refractivity contribution < 1.29 is 23.9 Å². The molecule has 1 aromatic carbocycles. The Hall–Kier alpha value is -2.77. The molecule has 1 saturated heterocycles. The molecule has 1 unspecified atom stereocenters. The maximum Gasteiger partial charge on any atom is 0.325 e. The molecule has 1 aromatic rings. The van der Waals surface area contributed by atoms with E-state index in [1.54, 1.807) is 20.3 Å². The van der Waals surface area contributed by atoms with E-state index in [1.165, 1.54) is 4.90 Å². The lowest BCUT2D eigenvalue weighted by Crippen LogP contribution is -2.44. The number of benzene rings is 1. The number of amides is 4. The Morgan fingerprint density at radius 1 is 1.21 bits per heavy atom. The van der Waals surface area contributed by atoms with Gasteiger partial charge in [-0.2, -0.15) is 0 Å². The Bertz CT molecular complexity index is 773. The van der Waals surface area contributed by atoms with Gasteiger partial charge in [0.2, 0.25) is 5.91 Å². The van der Waals surface area contributed by atoms with Crippen LogP contribution in [0, 0.1) is 0 Å². The fraction of sp³-hybridized carbons (Fsp3) is 0.550. The highest BCUT2D eigenvalue weighted by atomic mass is 16.5. The molecule has 152 valence electrons. The molecule has 0 aromatic heterocycles. The molecule has 0 bridgehead atoms. The topological polar surface area (TPSA) is 97.0 Å². The van der Waals surface area contributed by atoms with E-state index >= 15 is 0 Å². The molecule has 2 aliphatic rings. The molecule has 1 spiro atoms. The fourth-order valence-electron chi connectivity index (χ4n) is 3.93. The number of urea groups is 1. The van der Waals surface area contributed by atoms with Gasteiger partial charge in [-0.15, -0.1) is 0 Å². The van der Waals surface area contributed by atoms with E-state index in [0.29, 0.717) is 24.3 Å². The Balaban J connectivity index is 1.56. The molecule has 28 heavy (non-hydrogen) atoms. The summed E-state index contributed by atoms with van der Waals surface area (Å²) in [5.74, 6) is 0.775. The van der Waals surface area contributed by atoms with Crippen LogP contribution in [0.1, 0.15) is 50.6 Å². The Morgan fingerprint density at radius 2 is 1.89 bits per heavy atom. The molecule has 1 aliphatic carbocycles. The zero-order valence-corrected chi connectivity index (χ0v) is 16.5. The molecule has 2 fully saturated rings. The van der Waals surface area contributed by atoms with E-state index in [0.717, 1.165) is 18.4 Å². The van der Waals surface area contributed by atoms with Crippen molar-refractivity contribution in [2.24, 2.45) is 0 Å². The van der Waals surface area contributed by atoms with Crippen LogP contribution in [-0.2, 0) is 9.59 Å². The number of nitrogens with one attached hydrogen (secondary N) is 2. The summed E-state index contributed by atoms with van der Waals surface area (Å²) >= 11 is 0. The third kappa shape index (κ3) is 3.76. The summed E-state index contributed by atoms with van der Waals surface area (Å²) in [4.78, 5) is 38.3. The molecular weight excluding hydrogens is 362 g/mol. The average molecular weight is 389 g/mol. The van der Waals surface area contributed by atoms with Crippen molar-refractivity contribution in [3.8, 4) is 11.5 Å². The van der Waals surface area contributed by atoms with E-state index in [9.17, 15) is 14.4 Å². The molecule has 2 N–H and O–H groups in total. The predicted octanol–water partition coefficient (Wildman–Crippen LogP) is 2.14. The van der Waals surface area contributed by atoms with Gasteiger partial charge in [0, 0.05) is 13.0 Å². The van der Waals surface area contributed by atoms with Crippen LogP contribution in [0.5, 0.6) is 11.5 Å². The van der Waals surface area contributed by atoms with Crippen molar-refractivity contribution in [3.05, 3.63) is 23.8 Å². The van der Waals surface area contributed by atoms with Gasteiger partial charge in [-0.1, -0.05) is 18.9 Å². The van der Waals surface area contributed by atoms with E-state index in [4.69, 9.17) is 9.47 Å². The van der Waals surface area contributed by atoms with Crippen molar-refractivity contribution in [2.45, 2.75) is 50.6 Å². The molecule has 1 saturated carbocycles. The molecular formula is C20H27N3O5. The van der Waals surface area contributed by atoms with Crippen LogP contribution in [0.2, 0.25) is 0 Å². The predicted molar refractivity (Wildman–Crippen MR) is 102 cm³/mol. The highest BCUT2D eigenvalue weighted by Crippen LogP contribution is 2.35. The van der Waals surface area contributed by atoms with Crippen LogP contribution in [0.25, 0.3) is 0 Å². The van der Waals surface area contributed by atoms with Gasteiger partial charge >= 0.3 is 6.03 Å². The Kier molecular flexibility index (Phi) is 5.76. The summed E-state index contributed by atoms with van der Waals surface area (Å²) in [5, 5.41) is 5.72. The SMILES string of the molecule is COc1ccc(C(C)NC(=O)CCN2C(=O)NC3(CCCC3)C2=O)cc1OC. The number of methoxy groups -OCH3 is 2. The van der Waals surface area contributed by atoms with Crippen LogP contribution < -0.4 is 20.1 Å². The van der Waals surface area contributed by atoms with Crippen LogP contribution in [0.15, 0.2) is 18.2 Å². The lowest BCUT2D eigenvalue weighted by atomic mass is 9.98. The standard InChI is InChI=1S/C20H27N3O5/c1-13(14-6-7-15(27-2)16(12-14)28-3)21-17(24)8-11-23-18(25)20(22-19(23)26)9-4-5-10-20/h6-7,12-13H,4-5,8-11H2,1-3H3,(H,21,24)(H,22,26). The van der Waals surface area contributed by atoms with Crippen molar-refractivity contribution in [1.82, 2.24) is 15.5 Å². The van der Waals surface area contributed by atoms with Gasteiger partial charge in [-0.25, -0.2) is 4.79 Å². The molecule has 8 nitrogen and oxygen atoms in total. The summed E-state index contributed by atoms with van der Waals surface area (Å²) in [7, 11) is 3.12. The average Bonchev–Trinajstić information content (AvgIpc) is 3.25. The largest absolute Gasteiger partial charge is 0.493 e. The second-order valence-corrected chi connectivity index (χ2v) is 7.33. The summed E-state index contributed by atoms with van der Waals surface area (Å²) in [6, 6.07) is 4.80. The number of ether oxygens (including phenoxy) is 2. The van der Waals surface area contributed by atoms with E-state index in [-0.39, 0.29) is 30.8 Å². The van der Waals surface area contributed by atoms with Crippen molar-refractivity contribution in [1.29, 1.82) is 0 Å². The van der Waals surface area contributed by atoms with E-state index in [1.807, 2.05) is 19.1 Å². The Morgan fingerprint density at radius 3 is 2.54 bits per heavy atom. The van der Waals surface area contributed by atoms with Crippen LogP contribution in [0.3, 0.4) is 0 Å². The number of hydrogen-bond acceptors (Lipinski definition) is 5. The number of nitrogens with zero attached hydrogens (tertiary/aromatic N) is 1. The quantitative estimate of drug-likeness (QED) is 0.697. The summed E-state index contributed by atoms with van der Waals surface area (Å²) < 4.78 is 10.5. The number of rotatable bonds is 7. The first-order valence-electron chi connectivity index (χ1n) is 9.55. The van der Waals surface area contributed by atoms with Crippen LogP contribution in [0.4, 0.5) is 4.79 Å². The van der Waals surface area contributed by atoms with Crippen LogP contribution in [-0.4, -0.2) is 49.0 Å². The van der Waals surface area contributed by atoms with E-state index < -0.39 is 11.6 Å². The minimum Gasteiger partial charge on any atom is -0.493 e. The molecule has 0 radical (unpaired) electrons. The maximum absolute atomic E-state index is 12.6. The van der Waals surface area contributed by atoms with Gasteiger partial charge in [-0.3, -0.25) is 14.5 Å².